The van der Waals surface area contributed by atoms with Gasteiger partial charge in [-0.1, -0.05) is 41.9 Å². The molecule has 4 aromatic rings. The number of rotatable bonds is 5. The van der Waals surface area contributed by atoms with Crippen LogP contribution < -0.4 is 9.03 Å². The Labute approximate surface area is 201 Å². The molecule has 1 saturated heterocycles. The third-order valence-corrected chi connectivity index (χ3v) is 7.69. The average Bonchev–Trinajstić information content (AvgIpc) is 2.84. The number of ether oxygens (including phenoxy) is 1. The molecular weight excluding hydrogens is 458 g/mol. The number of aryl methyl sites for hydroxylation is 1. The van der Waals surface area contributed by atoms with Gasteiger partial charge < -0.3 is 13.8 Å². The third kappa shape index (κ3) is 4.55. The van der Waals surface area contributed by atoms with Gasteiger partial charge in [-0.25, -0.2) is 0 Å². The van der Waals surface area contributed by atoms with Crippen molar-refractivity contribution >= 4 is 57.6 Å². The Morgan fingerprint density at radius 3 is 2.84 bits per heavy atom. The second-order valence-electron chi connectivity index (χ2n) is 7.49. The number of fused-ring (bicyclic) bond motifs is 1. The van der Waals surface area contributed by atoms with Crippen LogP contribution in [0, 0.1) is 6.92 Å². The van der Waals surface area contributed by atoms with E-state index >= 15 is 0 Å². The summed E-state index contributed by atoms with van der Waals surface area (Å²) in [5.74, 6) is 0.678. The Bertz CT molecular complexity index is 1260. The van der Waals surface area contributed by atoms with Gasteiger partial charge in [0.25, 0.3) is 0 Å². The molecule has 1 fully saturated rings. The van der Waals surface area contributed by atoms with E-state index < -0.39 is 0 Å². The molecular formula is C25H22ClN3OS2. The van der Waals surface area contributed by atoms with Gasteiger partial charge in [-0.05, 0) is 78.2 Å². The lowest BCUT2D eigenvalue weighted by molar-refractivity contribution is 0.184. The predicted molar refractivity (Wildman–Crippen MR) is 139 cm³/mol. The average molecular weight is 480 g/mol. The maximum atomic E-state index is 6.59. The Balaban J connectivity index is 1.37. The number of hydrogen-bond donors (Lipinski definition) is 1. The van der Waals surface area contributed by atoms with Gasteiger partial charge in [0.15, 0.2) is 0 Å². The SMILES string of the molecule is Cc1ccc(NSc2ccc(N3CCOCS3)cc2Cl)cc1-c1nccc2ccccc12. The van der Waals surface area contributed by atoms with E-state index in [1.165, 1.54) is 22.9 Å². The Kier molecular flexibility index (Phi) is 6.46. The van der Waals surface area contributed by atoms with Crippen molar-refractivity contribution in [3.05, 3.63) is 83.5 Å². The second-order valence-corrected chi connectivity index (χ2v) is 9.68. The minimum absolute atomic E-state index is 0.678. The van der Waals surface area contributed by atoms with Crippen LogP contribution >= 0.6 is 35.5 Å². The number of benzene rings is 3. The lowest BCUT2D eigenvalue weighted by atomic mass is 10.00. The summed E-state index contributed by atoms with van der Waals surface area (Å²) in [4.78, 5) is 5.68. The molecule has 162 valence electrons. The highest BCUT2D eigenvalue weighted by molar-refractivity contribution is 8.00. The van der Waals surface area contributed by atoms with Gasteiger partial charge in [0.2, 0.25) is 0 Å². The summed E-state index contributed by atoms with van der Waals surface area (Å²) in [6.45, 7) is 3.72. The van der Waals surface area contributed by atoms with E-state index in [-0.39, 0.29) is 0 Å². The maximum Gasteiger partial charge on any atom is 0.112 e. The first-order valence-corrected chi connectivity index (χ1v) is 12.5. The Hall–Kier alpha value is -2.38. The summed E-state index contributed by atoms with van der Waals surface area (Å²) in [6, 6.07) is 23.0. The van der Waals surface area contributed by atoms with Gasteiger partial charge in [0.1, 0.15) is 5.94 Å². The van der Waals surface area contributed by atoms with Crippen LogP contribution in [0.4, 0.5) is 11.4 Å². The van der Waals surface area contributed by atoms with E-state index in [0.29, 0.717) is 5.94 Å². The van der Waals surface area contributed by atoms with Crippen LogP contribution in [0.1, 0.15) is 5.56 Å². The lowest BCUT2D eigenvalue weighted by Crippen LogP contribution is -2.26. The molecule has 1 aliphatic heterocycles. The normalized spacial score (nSPS) is 14.0. The first kappa shape index (κ1) is 21.5. The molecule has 0 aliphatic carbocycles. The van der Waals surface area contributed by atoms with Crippen LogP contribution in [-0.4, -0.2) is 24.1 Å². The standard InChI is InChI=1S/C25H22ClN3OS2/c1-17-6-7-19(14-22(17)25-21-5-3-2-4-18(21)10-11-27-25)28-32-24-9-8-20(15-23(24)26)29-12-13-30-16-31-29/h2-11,14-15,28H,12-13,16H2,1H3. The summed E-state index contributed by atoms with van der Waals surface area (Å²) >= 11 is 9.78. The number of anilines is 2. The number of aromatic nitrogens is 1. The highest BCUT2D eigenvalue weighted by Crippen LogP contribution is 2.36. The quantitative estimate of drug-likeness (QED) is 0.300. The molecule has 5 rings (SSSR count). The van der Waals surface area contributed by atoms with Gasteiger partial charge in [0, 0.05) is 33.4 Å². The number of pyridine rings is 1. The molecule has 0 atom stereocenters. The van der Waals surface area contributed by atoms with E-state index in [0.717, 1.165) is 51.1 Å². The van der Waals surface area contributed by atoms with Crippen LogP contribution in [0.15, 0.2) is 77.8 Å². The minimum Gasteiger partial charge on any atom is -0.367 e. The first-order valence-electron chi connectivity index (χ1n) is 10.3. The van der Waals surface area contributed by atoms with Crippen LogP contribution in [0.5, 0.6) is 0 Å². The molecule has 1 N–H and O–H groups in total. The zero-order valence-electron chi connectivity index (χ0n) is 17.5. The molecule has 2 heterocycles. The van der Waals surface area contributed by atoms with Crippen molar-refractivity contribution in [2.24, 2.45) is 0 Å². The zero-order chi connectivity index (χ0) is 21.9. The molecule has 1 aliphatic rings. The summed E-state index contributed by atoms with van der Waals surface area (Å²) in [6.07, 6.45) is 1.88. The highest BCUT2D eigenvalue weighted by atomic mass is 35.5. The minimum atomic E-state index is 0.678. The van der Waals surface area contributed by atoms with Crippen molar-refractivity contribution in [2.45, 2.75) is 11.8 Å². The van der Waals surface area contributed by atoms with Crippen LogP contribution in [-0.2, 0) is 4.74 Å². The summed E-state index contributed by atoms with van der Waals surface area (Å²) < 4.78 is 11.1. The monoisotopic (exact) mass is 479 g/mol. The topological polar surface area (TPSA) is 37.4 Å². The maximum absolute atomic E-state index is 6.59. The Morgan fingerprint density at radius 2 is 2.00 bits per heavy atom. The second kappa shape index (κ2) is 9.63. The molecule has 0 amide bonds. The number of nitrogens with zero attached hydrogens (tertiary/aromatic N) is 2. The largest absolute Gasteiger partial charge is 0.367 e. The van der Waals surface area contributed by atoms with Crippen LogP contribution in [0.2, 0.25) is 5.02 Å². The first-order chi connectivity index (χ1) is 15.7. The van der Waals surface area contributed by atoms with E-state index in [4.69, 9.17) is 21.3 Å². The van der Waals surface area contributed by atoms with Gasteiger partial charge in [-0.3, -0.25) is 4.98 Å². The fourth-order valence-electron chi connectivity index (χ4n) is 3.69. The van der Waals surface area contributed by atoms with Gasteiger partial charge in [-0.2, -0.15) is 0 Å². The smallest absolute Gasteiger partial charge is 0.112 e. The van der Waals surface area contributed by atoms with Gasteiger partial charge in [0.05, 0.1) is 23.9 Å². The van der Waals surface area contributed by atoms with Crippen molar-refractivity contribution in [2.75, 3.05) is 28.1 Å². The van der Waals surface area contributed by atoms with Crippen LogP contribution in [0.3, 0.4) is 0 Å². The van der Waals surface area contributed by atoms with Crippen molar-refractivity contribution in [1.29, 1.82) is 0 Å². The molecule has 7 heteroatoms. The van der Waals surface area contributed by atoms with Crippen molar-refractivity contribution in [1.82, 2.24) is 4.98 Å². The molecule has 0 spiro atoms. The molecule has 0 bridgehead atoms. The van der Waals surface area contributed by atoms with Gasteiger partial charge in [-0.15, -0.1) is 0 Å². The lowest BCUT2D eigenvalue weighted by Gasteiger charge is -2.27. The third-order valence-electron chi connectivity index (χ3n) is 5.38. The fourth-order valence-corrected chi connectivity index (χ4v) is 5.42. The van der Waals surface area contributed by atoms with Crippen molar-refractivity contribution < 1.29 is 4.74 Å². The molecule has 0 saturated carbocycles. The van der Waals surface area contributed by atoms with E-state index in [1.807, 2.05) is 18.3 Å². The number of nitrogens with one attached hydrogen (secondary N) is 1. The molecule has 3 aromatic carbocycles. The van der Waals surface area contributed by atoms with Gasteiger partial charge >= 0.3 is 0 Å². The molecule has 4 nitrogen and oxygen atoms in total. The van der Waals surface area contributed by atoms with E-state index in [9.17, 15) is 0 Å². The summed E-state index contributed by atoms with van der Waals surface area (Å²) in [7, 11) is 0. The molecule has 0 radical (unpaired) electrons. The predicted octanol–water partition coefficient (Wildman–Crippen LogP) is 7.43. The van der Waals surface area contributed by atoms with E-state index in [1.54, 1.807) is 11.9 Å². The zero-order valence-corrected chi connectivity index (χ0v) is 19.9. The summed E-state index contributed by atoms with van der Waals surface area (Å²) in [5, 5.41) is 3.08. The summed E-state index contributed by atoms with van der Waals surface area (Å²) in [5.41, 5.74) is 5.43. The number of halogens is 1. The van der Waals surface area contributed by atoms with E-state index in [2.05, 4.69) is 70.5 Å². The Morgan fingerprint density at radius 1 is 1.09 bits per heavy atom. The van der Waals surface area contributed by atoms with Crippen LogP contribution in [0.25, 0.3) is 22.0 Å². The fraction of sp³-hybridized carbons (Fsp3) is 0.160. The highest BCUT2D eigenvalue weighted by Gasteiger charge is 2.14. The molecule has 1 aromatic heterocycles. The van der Waals surface area contributed by atoms with Crippen molar-refractivity contribution in [3.63, 3.8) is 0 Å². The van der Waals surface area contributed by atoms with Crippen molar-refractivity contribution in [3.8, 4) is 11.3 Å². The number of hydrogen-bond acceptors (Lipinski definition) is 6. The molecule has 0 unspecified atom stereocenters. The molecule has 32 heavy (non-hydrogen) atoms.